The molecule has 112 valence electrons. The topological polar surface area (TPSA) is 23.5 Å². The third-order valence-corrected chi connectivity index (χ3v) is 4.84. The zero-order valence-corrected chi connectivity index (χ0v) is 13.2. The number of rotatable bonds is 5. The van der Waals surface area contributed by atoms with Gasteiger partial charge in [-0.25, -0.2) is 0 Å². The van der Waals surface area contributed by atoms with Crippen LogP contribution in [0.15, 0.2) is 24.3 Å². The van der Waals surface area contributed by atoms with E-state index in [1.807, 2.05) is 18.2 Å². The molecule has 0 saturated carbocycles. The second kappa shape index (κ2) is 7.24. The minimum Gasteiger partial charge on any atom is -0.388 e. The predicted molar refractivity (Wildman–Crippen MR) is 84.8 cm³/mol. The van der Waals surface area contributed by atoms with Crippen molar-refractivity contribution >= 4 is 0 Å². The molecule has 1 fully saturated rings. The van der Waals surface area contributed by atoms with E-state index in [1.54, 1.807) is 0 Å². The summed E-state index contributed by atoms with van der Waals surface area (Å²) in [5.41, 5.74) is 2.28. The summed E-state index contributed by atoms with van der Waals surface area (Å²) in [7, 11) is 0. The van der Waals surface area contributed by atoms with Crippen LogP contribution >= 0.6 is 0 Å². The second-order valence-corrected chi connectivity index (χ2v) is 6.58. The summed E-state index contributed by atoms with van der Waals surface area (Å²) in [4.78, 5) is 2.51. The van der Waals surface area contributed by atoms with Gasteiger partial charge in [0.15, 0.2) is 0 Å². The van der Waals surface area contributed by atoms with Gasteiger partial charge in [-0.3, -0.25) is 0 Å². The van der Waals surface area contributed by atoms with Crippen molar-refractivity contribution in [3.63, 3.8) is 0 Å². The minimum absolute atomic E-state index is 0.320. The molecule has 2 nitrogen and oxygen atoms in total. The lowest BCUT2D eigenvalue weighted by atomic mass is 9.86. The smallest absolute Gasteiger partial charge is 0.0804 e. The Morgan fingerprint density at radius 1 is 1.20 bits per heavy atom. The van der Waals surface area contributed by atoms with Crippen molar-refractivity contribution < 1.29 is 5.11 Å². The number of hydrogen-bond acceptors (Lipinski definition) is 2. The van der Waals surface area contributed by atoms with Gasteiger partial charge < -0.3 is 10.0 Å². The van der Waals surface area contributed by atoms with Gasteiger partial charge in [-0.1, -0.05) is 38.1 Å². The van der Waals surface area contributed by atoms with Gasteiger partial charge in [0.1, 0.15) is 0 Å². The van der Waals surface area contributed by atoms with E-state index in [1.165, 1.54) is 31.5 Å². The van der Waals surface area contributed by atoms with E-state index in [9.17, 15) is 5.11 Å². The summed E-state index contributed by atoms with van der Waals surface area (Å²) >= 11 is 0. The quantitative estimate of drug-likeness (QED) is 0.884. The summed E-state index contributed by atoms with van der Waals surface area (Å²) in [5.74, 6) is 1.71. The maximum atomic E-state index is 10.3. The fraction of sp³-hybridized carbons (Fsp3) is 0.667. The lowest BCUT2D eigenvalue weighted by molar-refractivity contribution is 0.114. The van der Waals surface area contributed by atoms with Crippen molar-refractivity contribution in [1.82, 2.24) is 4.90 Å². The van der Waals surface area contributed by atoms with E-state index < -0.39 is 0 Å². The maximum Gasteiger partial charge on any atom is 0.0804 e. The number of aliphatic hydroxyl groups is 1. The van der Waals surface area contributed by atoms with E-state index in [4.69, 9.17) is 0 Å². The molecule has 0 aliphatic carbocycles. The third-order valence-electron chi connectivity index (χ3n) is 4.84. The van der Waals surface area contributed by atoms with Crippen LogP contribution in [0.25, 0.3) is 0 Å². The number of benzene rings is 1. The van der Waals surface area contributed by atoms with Gasteiger partial charge in [-0.15, -0.1) is 0 Å². The molecule has 1 aromatic carbocycles. The third kappa shape index (κ3) is 4.07. The standard InChI is InChI=1S/C18H29NO/c1-14(2)16-8-11-19(12-9-16)13-10-18(20)17-7-5-4-6-15(17)3/h4-7,14,16,18,20H,8-13H2,1-3H3. The first-order valence-electron chi connectivity index (χ1n) is 8.04. The molecule has 0 radical (unpaired) electrons. The molecule has 20 heavy (non-hydrogen) atoms. The molecular weight excluding hydrogens is 246 g/mol. The largest absolute Gasteiger partial charge is 0.388 e. The van der Waals surface area contributed by atoms with Gasteiger partial charge in [0.25, 0.3) is 0 Å². The van der Waals surface area contributed by atoms with Gasteiger partial charge in [0, 0.05) is 6.54 Å². The molecule has 0 spiro atoms. The van der Waals surface area contributed by atoms with Crippen LogP contribution in [0.1, 0.15) is 50.3 Å². The van der Waals surface area contributed by atoms with Crippen molar-refractivity contribution in [2.24, 2.45) is 11.8 Å². The number of nitrogens with zero attached hydrogens (tertiary/aromatic N) is 1. The van der Waals surface area contributed by atoms with E-state index in [2.05, 4.69) is 31.7 Å². The molecule has 1 atom stereocenters. The highest BCUT2D eigenvalue weighted by Crippen LogP contribution is 2.26. The lowest BCUT2D eigenvalue weighted by Crippen LogP contribution is -2.36. The van der Waals surface area contributed by atoms with E-state index in [-0.39, 0.29) is 6.10 Å². The normalized spacial score (nSPS) is 19.4. The van der Waals surface area contributed by atoms with Gasteiger partial charge >= 0.3 is 0 Å². The van der Waals surface area contributed by atoms with Crippen LogP contribution in [0.4, 0.5) is 0 Å². The molecule has 0 amide bonds. The van der Waals surface area contributed by atoms with Crippen LogP contribution in [0, 0.1) is 18.8 Å². The van der Waals surface area contributed by atoms with E-state index >= 15 is 0 Å². The average Bonchev–Trinajstić information content (AvgIpc) is 2.45. The molecule has 1 heterocycles. The van der Waals surface area contributed by atoms with E-state index in [0.29, 0.717) is 0 Å². The number of piperidine rings is 1. The zero-order chi connectivity index (χ0) is 14.5. The Hall–Kier alpha value is -0.860. The zero-order valence-electron chi connectivity index (χ0n) is 13.2. The number of likely N-dealkylation sites (tertiary alicyclic amines) is 1. The Kier molecular flexibility index (Phi) is 5.62. The number of aliphatic hydroxyl groups excluding tert-OH is 1. The lowest BCUT2D eigenvalue weighted by Gasteiger charge is -2.34. The molecule has 0 aromatic heterocycles. The first-order valence-corrected chi connectivity index (χ1v) is 8.04. The van der Waals surface area contributed by atoms with Gasteiger partial charge in [0.05, 0.1) is 6.10 Å². The highest BCUT2D eigenvalue weighted by Gasteiger charge is 2.22. The van der Waals surface area contributed by atoms with Crippen LogP contribution in [0.2, 0.25) is 0 Å². The molecule has 1 unspecified atom stereocenters. The van der Waals surface area contributed by atoms with Gasteiger partial charge in [-0.2, -0.15) is 0 Å². The fourth-order valence-corrected chi connectivity index (χ4v) is 3.26. The van der Waals surface area contributed by atoms with Crippen LogP contribution in [-0.4, -0.2) is 29.6 Å². The van der Waals surface area contributed by atoms with Gasteiger partial charge in [0.2, 0.25) is 0 Å². The Labute approximate surface area is 123 Å². The first kappa shape index (κ1) is 15.5. The fourth-order valence-electron chi connectivity index (χ4n) is 3.26. The summed E-state index contributed by atoms with van der Waals surface area (Å²) in [5, 5.41) is 10.3. The van der Waals surface area contributed by atoms with Crippen LogP contribution < -0.4 is 0 Å². The van der Waals surface area contributed by atoms with Crippen LogP contribution in [0.5, 0.6) is 0 Å². The molecule has 0 bridgehead atoms. The number of hydrogen-bond donors (Lipinski definition) is 1. The molecular formula is C18H29NO. The second-order valence-electron chi connectivity index (χ2n) is 6.58. The molecule has 2 rings (SSSR count). The van der Waals surface area contributed by atoms with E-state index in [0.717, 1.165) is 30.4 Å². The van der Waals surface area contributed by atoms with Crippen molar-refractivity contribution in [3.05, 3.63) is 35.4 Å². The molecule has 1 N–H and O–H groups in total. The molecule has 1 saturated heterocycles. The van der Waals surface area contributed by atoms with Crippen molar-refractivity contribution in [2.75, 3.05) is 19.6 Å². The minimum atomic E-state index is -0.320. The van der Waals surface area contributed by atoms with Crippen LogP contribution in [0.3, 0.4) is 0 Å². The molecule has 2 heteroatoms. The Balaban J connectivity index is 1.78. The SMILES string of the molecule is Cc1ccccc1C(O)CCN1CCC(C(C)C)CC1. The average molecular weight is 275 g/mol. The Bertz CT molecular complexity index is 408. The molecule has 1 aliphatic heterocycles. The summed E-state index contributed by atoms with van der Waals surface area (Å²) in [6.07, 6.45) is 3.16. The first-order chi connectivity index (χ1) is 9.58. The summed E-state index contributed by atoms with van der Waals surface area (Å²) in [6, 6.07) is 8.17. The summed E-state index contributed by atoms with van der Waals surface area (Å²) in [6.45, 7) is 10.2. The number of aryl methyl sites for hydroxylation is 1. The van der Waals surface area contributed by atoms with Crippen molar-refractivity contribution in [1.29, 1.82) is 0 Å². The molecule has 1 aliphatic rings. The Morgan fingerprint density at radius 3 is 2.45 bits per heavy atom. The highest BCUT2D eigenvalue weighted by atomic mass is 16.3. The van der Waals surface area contributed by atoms with Crippen molar-refractivity contribution in [3.8, 4) is 0 Å². The highest BCUT2D eigenvalue weighted by molar-refractivity contribution is 5.27. The monoisotopic (exact) mass is 275 g/mol. The van der Waals surface area contributed by atoms with Crippen molar-refractivity contribution in [2.45, 2.75) is 46.1 Å². The van der Waals surface area contributed by atoms with Gasteiger partial charge in [-0.05, 0) is 62.2 Å². The predicted octanol–water partition coefficient (Wildman–Crippen LogP) is 3.79. The summed E-state index contributed by atoms with van der Waals surface area (Å²) < 4.78 is 0. The Morgan fingerprint density at radius 2 is 1.85 bits per heavy atom. The van der Waals surface area contributed by atoms with Crippen LogP contribution in [-0.2, 0) is 0 Å². The molecule has 1 aromatic rings. The maximum absolute atomic E-state index is 10.3.